The van der Waals surface area contributed by atoms with Gasteiger partial charge in [0, 0.05) is 50.5 Å². The summed E-state index contributed by atoms with van der Waals surface area (Å²) in [4.78, 5) is 35.9. The molecular formula is C27H32FN5O2. The van der Waals surface area contributed by atoms with Gasteiger partial charge in [0.1, 0.15) is 11.6 Å². The van der Waals surface area contributed by atoms with Gasteiger partial charge in [0.15, 0.2) is 5.78 Å². The average molecular weight is 478 g/mol. The normalized spacial score (nSPS) is 17.7. The number of para-hydroxylation sites is 1. The molecule has 2 aromatic carbocycles. The number of Topliss-reactive ketones (excluding diaryl/α,β-unsaturated/α-hetero) is 1. The highest BCUT2D eigenvalue weighted by Crippen LogP contribution is 2.26. The summed E-state index contributed by atoms with van der Waals surface area (Å²) in [7, 11) is 3.96. The van der Waals surface area contributed by atoms with Gasteiger partial charge in [-0.25, -0.2) is 9.37 Å². The molecular weight excluding hydrogens is 445 g/mol. The monoisotopic (exact) mass is 477 g/mol. The molecule has 0 radical (unpaired) electrons. The van der Waals surface area contributed by atoms with Gasteiger partial charge in [0.2, 0.25) is 11.9 Å². The topological polar surface area (TPSA) is 87.2 Å². The van der Waals surface area contributed by atoms with Gasteiger partial charge in [-0.15, -0.1) is 0 Å². The van der Waals surface area contributed by atoms with Crippen molar-refractivity contribution < 1.29 is 14.0 Å². The number of aromatic nitrogens is 2. The molecule has 1 aliphatic rings. The van der Waals surface area contributed by atoms with Crippen molar-refractivity contribution in [1.82, 2.24) is 15.3 Å². The molecule has 0 aliphatic heterocycles. The molecule has 1 aliphatic carbocycles. The first-order valence-corrected chi connectivity index (χ1v) is 12.1. The first-order valence-electron chi connectivity index (χ1n) is 12.1. The highest BCUT2D eigenvalue weighted by molar-refractivity contribution is 5.98. The second-order valence-electron chi connectivity index (χ2n) is 9.38. The molecule has 8 heteroatoms. The number of hydrogen-bond acceptors (Lipinski definition) is 6. The van der Waals surface area contributed by atoms with Crippen molar-refractivity contribution in [1.29, 1.82) is 0 Å². The SMILES string of the molecule is CN(C)c1nc(NCC2CCC(NC(=O)CCC(=O)c3ccc(F)cc3)CC2)nc2ccccc12. The maximum absolute atomic E-state index is 13.0. The first-order chi connectivity index (χ1) is 16.9. The van der Waals surface area contributed by atoms with Crippen LogP contribution in [0.2, 0.25) is 0 Å². The number of anilines is 2. The van der Waals surface area contributed by atoms with E-state index in [1.54, 1.807) is 0 Å². The van der Waals surface area contributed by atoms with E-state index < -0.39 is 0 Å². The maximum Gasteiger partial charge on any atom is 0.225 e. The summed E-state index contributed by atoms with van der Waals surface area (Å²) >= 11 is 0. The molecule has 0 spiro atoms. The van der Waals surface area contributed by atoms with Crippen LogP contribution >= 0.6 is 0 Å². The van der Waals surface area contributed by atoms with Gasteiger partial charge in [-0.1, -0.05) is 12.1 Å². The zero-order chi connectivity index (χ0) is 24.8. The lowest BCUT2D eigenvalue weighted by Gasteiger charge is -2.29. The molecule has 1 amide bonds. The van der Waals surface area contributed by atoms with Crippen LogP contribution in [0.3, 0.4) is 0 Å². The first kappa shape index (κ1) is 24.6. The molecule has 0 atom stereocenters. The lowest BCUT2D eigenvalue weighted by atomic mass is 9.86. The number of nitrogens with zero attached hydrogens (tertiary/aromatic N) is 3. The second kappa shape index (κ2) is 11.3. The van der Waals surface area contributed by atoms with Crippen molar-refractivity contribution in [3.8, 4) is 0 Å². The Morgan fingerprint density at radius 2 is 1.69 bits per heavy atom. The number of carbonyl (C=O) groups excluding carboxylic acids is 2. The van der Waals surface area contributed by atoms with Crippen LogP contribution in [0.5, 0.6) is 0 Å². The minimum absolute atomic E-state index is 0.109. The molecule has 1 fully saturated rings. The van der Waals surface area contributed by atoms with E-state index in [0.717, 1.165) is 48.9 Å². The zero-order valence-corrected chi connectivity index (χ0v) is 20.3. The van der Waals surface area contributed by atoms with E-state index in [-0.39, 0.29) is 36.4 Å². The van der Waals surface area contributed by atoms with Crippen LogP contribution in [0.25, 0.3) is 10.9 Å². The number of carbonyl (C=O) groups is 2. The molecule has 0 bridgehead atoms. The summed E-state index contributed by atoms with van der Waals surface area (Å²) in [5, 5.41) is 7.51. The fraction of sp³-hybridized carbons (Fsp3) is 0.407. The fourth-order valence-electron chi connectivity index (χ4n) is 4.53. The van der Waals surface area contributed by atoms with Crippen LogP contribution in [0.1, 0.15) is 48.9 Å². The largest absolute Gasteiger partial charge is 0.362 e. The maximum atomic E-state index is 13.0. The number of ketones is 1. The summed E-state index contributed by atoms with van der Waals surface area (Å²) in [6, 6.07) is 13.6. The van der Waals surface area contributed by atoms with E-state index in [1.807, 2.05) is 43.3 Å². The van der Waals surface area contributed by atoms with Gasteiger partial charge in [0.25, 0.3) is 0 Å². The van der Waals surface area contributed by atoms with Gasteiger partial charge in [-0.05, 0) is 68.0 Å². The lowest BCUT2D eigenvalue weighted by Crippen LogP contribution is -2.38. The predicted octanol–water partition coefficient (Wildman–Crippen LogP) is 4.58. The summed E-state index contributed by atoms with van der Waals surface area (Å²) in [5.74, 6) is 1.37. The molecule has 0 unspecified atom stereocenters. The molecule has 4 rings (SSSR count). The Morgan fingerprint density at radius 3 is 2.40 bits per heavy atom. The Labute approximate surface area is 205 Å². The molecule has 3 aromatic rings. The Kier molecular flexibility index (Phi) is 7.90. The predicted molar refractivity (Wildman–Crippen MR) is 136 cm³/mol. The van der Waals surface area contributed by atoms with Crippen LogP contribution < -0.4 is 15.5 Å². The standard InChI is InChI=1S/C27H32FN5O2/c1-33(2)26-22-5-3-4-6-23(22)31-27(32-26)29-17-18-7-13-21(14-8-18)30-25(35)16-15-24(34)19-9-11-20(28)12-10-19/h3-6,9-12,18,21H,7-8,13-17H2,1-2H3,(H,30,35)(H,29,31,32). The van der Waals surface area contributed by atoms with E-state index in [9.17, 15) is 14.0 Å². The number of nitrogens with one attached hydrogen (secondary N) is 2. The molecule has 184 valence electrons. The van der Waals surface area contributed by atoms with Crippen molar-refractivity contribution in [3.63, 3.8) is 0 Å². The zero-order valence-electron chi connectivity index (χ0n) is 20.3. The number of hydrogen-bond donors (Lipinski definition) is 2. The lowest BCUT2D eigenvalue weighted by molar-refractivity contribution is -0.122. The van der Waals surface area contributed by atoms with Crippen LogP contribution in [-0.2, 0) is 4.79 Å². The second-order valence-corrected chi connectivity index (χ2v) is 9.38. The van der Waals surface area contributed by atoms with Crippen LogP contribution in [0.15, 0.2) is 48.5 Å². The Hall–Kier alpha value is -3.55. The fourth-order valence-corrected chi connectivity index (χ4v) is 4.53. The third kappa shape index (κ3) is 6.53. The quantitative estimate of drug-likeness (QED) is 0.439. The molecule has 35 heavy (non-hydrogen) atoms. The molecule has 1 saturated carbocycles. The van der Waals surface area contributed by atoms with Crippen molar-refractivity contribution in [2.45, 2.75) is 44.6 Å². The molecule has 0 saturated heterocycles. The Morgan fingerprint density at radius 1 is 0.971 bits per heavy atom. The van der Waals surface area contributed by atoms with E-state index in [1.165, 1.54) is 24.3 Å². The number of amides is 1. The summed E-state index contributed by atoms with van der Waals surface area (Å²) in [6.45, 7) is 0.790. The Balaban J connectivity index is 1.21. The number of fused-ring (bicyclic) bond motifs is 1. The average Bonchev–Trinajstić information content (AvgIpc) is 2.86. The number of halogens is 1. The van der Waals surface area contributed by atoms with Crippen molar-refractivity contribution in [2.24, 2.45) is 5.92 Å². The summed E-state index contributed by atoms with van der Waals surface area (Å²) in [6.07, 6.45) is 4.08. The Bertz CT molecular complexity index is 1170. The van der Waals surface area contributed by atoms with Crippen molar-refractivity contribution >= 4 is 34.4 Å². The van der Waals surface area contributed by atoms with Gasteiger partial charge >= 0.3 is 0 Å². The molecule has 1 aromatic heterocycles. The van der Waals surface area contributed by atoms with Gasteiger partial charge in [0.05, 0.1) is 5.52 Å². The van der Waals surface area contributed by atoms with Crippen LogP contribution in [-0.4, -0.2) is 48.3 Å². The summed E-state index contributed by atoms with van der Waals surface area (Å²) in [5.41, 5.74) is 1.35. The van der Waals surface area contributed by atoms with Crippen molar-refractivity contribution in [2.75, 3.05) is 30.9 Å². The van der Waals surface area contributed by atoms with Gasteiger partial charge < -0.3 is 15.5 Å². The molecule has 7 nitrogen and oxygen atoms in total. The highest BCUT2D eigenvalue weighted by Gasteiger charge is 2.23. The third-order valence-corrected chi connectivity index (χ3v) is 6.51. The van der Waals surface area contributed by atoms with Crippen LogP contribution in [0, 0.1) is 11.7 Å². The van der Waals surface area contributed by atoms with Gasteiger partial charge in [-0.2, -0.15) is 4.98 Å². The summed E-state index contributed by atoms with van der Waals surface area (Å²) < 4.78 is 13.0. The van der Waals surface area contributed by atoms with Crippen molar-refractivity contribution in [3.05, 3.63) is 59.9 Å². The third-order valence-electron chi connectivity index (χ3n) is 6.51. The molecule has 1 heterocycles. The van der Waals surface area contributed by atoms with E-state index >= 15 is 0 Å². The smallest absolute Gasteiger partial charge is 0.225 e. The minimum atomic E-state index is -0.381. The van der Waals surface area contributed by atoms with E-state index in [0.29, 0.717) is 17.4 Å². The van der Waals surface area contributed by atoms with Crippen LogP contribution in [0.4, 0.5) is 16.2 Å². The highest BCUT2D eigenvalue weighted by atomic mass is 19.1. The number of benzene rings is 2. The van der Waals surface area contributed by atoms with E-state index in [2.05, 4.69) is 15.6 Å². The van der Waals surface area contributed by atoms with E-state index in [4.69, 9.17) is 4.98 Å². The number of rotatable bonds is 9. The van der Waals surface area contributed by atoms with Gasteiger partial charge in [-0.3, -0.25) is 9.59 Å². The minimum Gasteiger partial charge on any atom is -0.362 e. The molecule has 2 N–H and O–H groups in total.